The second kappa shape index (κ2) is 8.45. The highest BCUT2D eigenvalue weighted by Gasteiger charge is 2.34. The van der Waals surface area contributed by atoms with Crippen LogP contribution in [0.3, 0.4) is 0 Å². The van der Waals surface area contributed by atoms with Crippen molar-refractivity contribution < 1.29 is 28.6 Å². The van der Waals surface area contributed by atoms with E-state index in [4.69, 9.17) is 9.47 Å². The van der Waals surface area contributed by atoms with Crippen LogP contribution in [0.15, 0.2) is 18.2 Å². The van der Waals surface area contributed by atoms with Gasteiger partial charge in [-0.3, -0.25) is 0 Å². The van der Waals surface area contributed by atoms with Crippen LogP contribution in [0.1, 0.15) is 39.7 Å². The number of hydrogen-bond acceptors (Lipinski definition) is 5. The molecule has 0 aliphatic carbocycles. The van der Waals surface area contributed by atoms with E-state index in [1.807, 2.05) is 6.92 Å². The lowest BCUT2D eigenvalue weighted by molar-refractivity contribution is 0.000635. The number of hydrogen-bond donors (Lipinski definition) is 1. The first-order valence-electron chi connectivity index (χ1n) is 8.99. The van der Waals surface area contributed by atoms with Gasteiger partial charge in [0.05, 0.1) is 6.04 Å². The van der Waals surface area contributed by atoms with Gasteiger partial charge in [0.15, 0.2) is 0 Å². The van der Waals surface area contributed by atoms with Crippen molar-refractivity contribution in [2.75, 3.05) is 19.6 Å². The quantitative estimate of drug-likeness (QED) is 0.866. The average Bonchev–Trinajstić information content (AvgIpc) is 2.60. The second-order valence-electron chi connectivity index (χ2n) is 7.51. The van der Waals surface area contributed by atoms with Gasteiger partial charge in [0.1, 0.15) is 23.8 Å². The fourth-order valence-corrected chi connectivity index (χ4v) is 2.83. The van der Waals surface area contributed by atoms with E-state index in [1.54, 1.807) is 30.6 Å². The first-order valence-corrected chi connectivity index (χ1v) is 8.99. The first kappa shape index (κ1) is 20.8. The summed E-state index contributed by atoms with van der Waals surface area (Å²) < 4.78 is 24.3. The fourth-order valence-electron chi connectivity index (χ4n) is 2.83. The third kappa shape index (κ3) is 5.74. The van der Waals surface area contributed by atoms with Crippen molar-refractivity contribution >= 4 is 12.2 Å². The van der Waals surface area contributed by atoms with Crippen molar-refractivity contribution in [3.05, 3.63) is 29.6 Å². The molecule has 1 atom stereocenters. The van der Waals surface area contributed by atoms with Crippen molar-refractivity contribution in [3.63, 3.8) is 0 Å². The van der Waals surface area contributed by atoms with Gasteiger partial charge in [-0.15, -0.1) is 0 Å². The number of phenols is 1. The molecule has 0 saturated carbocycles. The number of nitrogens with zero attached hydrogens (tertiary/aromatic N) is 2. The van der Waals surface area contributed by atoms with E-state index in [9.17, 15) is 19.1 Å². The lowest BCUT2D eigenvalue weighted by Crippen LogP contribution is -2.57. The van der Waals surface area contributed by atoms with Gasteiger partial charge in [-0.05, 0) is 45.4 Å². The van der Waals surface area contributed by atoms with Crippen molar-refractivity contribution in [2.24, 2.45) is 0 Å². The van der Waals surface area contributed by atoms with E-state index in [1.165, 1.54) is 12.1 Å². The molecule has 2 amide bonds. The molecule has 27 heavy (non-hydrogen) atoms. The number of aromatic hydroxyl groups is 1. The number of ether oxygens (including phenoxy) is 2. The zero-order valence-electron chi connectivity index (χ0n) is 16.2. The number of carbonyl (C=O) groups is 2. The summed E-state index contributed by atoms with van der Waals surface area (Å²) >= 11 is 0. The van der Waals surface area contributed by atoms with E-state index < -0.39 is 23.6 Å². The van der Waals surface area contributed by atoms with Crippen LogP contribution in [0.25, 0.3) is 0 Å². The van der Waals surface area contributed by atoms with Crippen molar-refractivity contribution in [2.45, 2.75) is 52.4 Å². The Morgan fingerprint density at radius 1 is 1.26 bits per heavy atom. The van der Waals surface area contributed by atoms with Crippen molar-refractivity contribution in [1.82, 2.24) is 9.80 Å². The number of rotatable bonds is 3. The third-order valence-corrected chi connectivity index (χ3v) is 4.22. The number of piperazine rings is 1. The molecule has 0 radical (unpaired) electrons. The highest BCUT2D eigenvalue weighted by Crippen LogP contribution is 2.20. The molecule has 0 unspecified atom stereocenters. The minimum Gasteiger partial charge on any atom is -0.508 e. The third-order valence-electron chi connectivity index (χ3n) is 4.22. The van der Waals surface area contributed by atoms with Crippen LogP contribution in [0.4, 0.5) is 14.0 Å². The molecule has 7 nitrogen and oxygen atoms in total. The van der Waals surface area contributed by atoms with Crippen molar-refractivity contribution in [3.8, 4) is 5.75 Å². The van der Waals surface area contributed by atoms with Gasteiger partial charge in [0.25, 0.3) is 0 Å². The predicted octanol–water partition coefficient (Wildman–Crippen LogP) is 3.50. The molecule has 1 aromatic rings. The van der Waals surface area contributed by atoms with Gasteiger partial charge in [-0.25, -0.2) is 14.0 Å². The van der Waals surface area contributed by atoms with Gasteiger partial charge in [-0.1, -0.05) is 6.92 Å². The Kier molecular flexibility index (Phi) is 6.51. The minimum absolute atomic E-state index is 0.0974. The molecule has 0 bridgehead atoms. The summed E-state index contributed by atoms with van der Waals surface area (Å²) in [5, 5.41) is 9.43. The zero-order chi connectivity index (χ0) is 20.2. The van der Waals surface area contributed by atoms with Crippen LogP contribution in [0.2, 0.25) is 0 Å². The fraction of sp³-hybridized carbons (Fsp3) is 0.579. The highest BCUT2D eigenvalue weighted by atomic mass is 19.1. The normalized spacial score (nSPS) is 17.6. The van der Waals surface area contributed by atoms with E-state index in [0.29, 0.717) is 26.1 Å². The molecule has 1 N–H and O–H groups in total. The Balaban J connectivity index is 1.95. The molecule has 1 aromatic carbocycles. The van der Waals surface area contributed by atoms with E-state index >= 15 is 0 Å². The van der Waals surface area contributed by atoms with Crippen LogP contribution in [-0.2, 0) is 16.1 Å². The van der Waals surface area contributed by atoms with Crippen LogP contribution in [0, 0.1) is 5.82 Å². The average molecular weight is 382 g/mol. The molecule has 1 fully saturated rings. The lowest BCUT2D eigenvalue weighted by Gasteiger charge is -2.40. The van der Waals surface area contributed by atoms with E-state index in [-0.39, 0.29) is 24.0 Å². The summed E-state index contributed by atoms with van der Waals surface area (Å²) in [6, 6.07) is 3.35. The Hall–Kier alpha value is -2.51. The summed E-state index contributed by atoms with van der Waals surface area (Å²) in [6.07, 6.45) is -0.348. The smallest absolute Gasteiger partial charge is 0.410 e. The van der Waals surface area contributed by atoms with Crippen LogP contribution in [0.5, 0.6) is 5.75 Å². The van der Waals surface area contributed by atoms with Crippen molar-refractivity contribution in [1.29, 1.82) is 0 Å². The number of carbonyl (C=O) groups excluding carboxylic acids is 2. The molecule has 1 saturated heterocycles. The van der Waals surface area contributed by atoms with Crippen LogP contribution >= 0.6 is 0 Å². The van der Waals surface area contributed by atoms with Gasteiger partial charge in [0.2, 0.25) is 0 Å². The molecule has 1 aliphatic heterocycles. The second-order valence-corrected chi connectivity index (χ2v) is 7.51. The van der Waals surface area contributed by atoms with Gasteiger partial charge < -0.3 is 24.4 Å². The number of amides is 2. The van der Waals surface area contributed by atoms with E-state index in [0.717, 1.165) is 6.07 Å². The molecule has 1 aliphatic rings. The zero-order valence-corrected chi connectivity index (χ0v) is 16.2. The van der Waals surface area contributed by atoms with Crippen LogP contribution in [-0.4, -0.2) is 58.4 Å². The summed E-state index contributed by atoms with van der Waals surface area (Å²) in [5.74, 6) is -0.651. The SMILES string of the molecule is CC[C@@H]1CN(C(=O)OC(C)(C)C)CCN1C(=O)OCc1cc(O)ccc1F. The molecule has 1 heterocycles. The maximum absolute atomic E-state index is 13.7. The van der Waals surface area contributed by atoms with E-state index in [2.05, 4.69) is 0 Å². The Bertz CT molecular complexity index is 689. The van der Waals surface area contributed by atoms with Gasteiger partial charge in [0, 0.05) is 25.2 Å². The standard InChI is InChI=1S/C19H27FN2O5/c1-5-14-11-21(17(24)27-19(2,3)4)8-9-22(14)18(25)26-12-13-10-15(23)6-7-16(13)20/h6-7,10,14,23H,5,8-9,11-12H2,1-4H3/t14-/m1/s1. The Morgan fingerprint density at radius 2 is 1.96 bits per heavy atom. The highest BCUT2D eigenvalue weighted by molar-refractivity contribution is 5.71. The Morgan fingerprint density at radius 3 is 2.59 bits per heavy atom. The summed E-state index contributed by atoms with van der Waals surface area (Å²) in [6.45, 7) is 8.03. The largest absolute Gasteiger partial charge is 0.508 e. The molecular weight excluding hydrogens is 355 g/mol. The Labute approximate surface area is 158 Å². The molecule has 0 spiro atoms. The summed E-state index contributed by atoms with van der Waals surface area (Å²) in [5.41, 5.74) is -0.482. The lowest BCUT2D eigenvalue weighted by atomic mass is 10.1. The monoisotopic (exact) mass is 382 g/mol. The topological polar surface area (TPSA) is 79.3 Å². The maximum atomic E-state index is 13.7. The van der Waals surface area contributed by atoms with Gasteiger partial charge in [-0.2, -0.15) is 0 Å². The van der Waals surface area contributed by atoms with Crippen LogP contribution < -0.4 is 0 Å². The number of phenolic OH excluding ortho intramolecular Hbond substituents is 1. The molecule has 150 valence electrons. The first-order chi connectivity index (χ1) is 12.6. The molecule has 0 aromatic heterocycles. The summed E-state index contributed by atoms with van der Waals surface area (Å²) in [7, 11) is 0. The molecular formula is C19H27FN2O5. The summed E-state index contributed by atoms with van der Waals surface area (Å²) in [4.78, 5) is 27.8. The maximum Gasteiger partial charge on any atom is 0.410 e. The number of halogens is 1. The van der Waals surface area contributed by atoms with Gasteiger partial charge >= 0.3 is 12.2 Å². The molecule has 8 heteroatoms. The minimum atomic E-state index is -0.583. The predicted molar refractivity (Wildman–Crippen MR) is 96.8 cm³/mol. The molecule has 2 rings (SSSR count). The number of benzene rings is 1.